The van der Waals surface area contributed by atoms with E-state index in [1.54, 1.807) is 0 Å². The zero-order chi connectivity index (χ0) is 13.7. The molecule has 0 aromatic rings. The second-order valence-electron chi connectivity index (χ2n) is 6.71. The third kappa shape index (κ3) is 3.71. The van der Waals surface area contributed by atoms with Gasteiger partial charge in [0.2, 0.25) is 5.91 Å². The Kier molecular flexibility index (Phi) is 5.26. The lowest BCUT2D eigenvalue weighted by atomic mass is 9.66. The van der Waals surface area contributed by atoms with Crippen molar-refractivity contribution in [3.05, 3.63) is 0 Å². The third-order valence-electron chi connectivity index (χ3n) is 5.39. The largest absolute Gasteiger partial charge is 0.353 e. The van der Waals surface area contributed by atoms with E-state index in [1.807, 2.05) is 0 Å². The van der Waals surface area contributed by atoms with Crippen LogP contribution in [0.4, 0.5) is 0 Å². The van der Waals surface area contributed by atoms with E-state index in [2.05, 4.69) is 12.2 Å². The van der Waals surface area contributed by atoms with Crippen LogP contribution in [0.2, 0.25) is 0 Å². The summed E-state index contributed by atoms with van der Waals surface area (Å²) < 4.78 is 0. The molecule has 3 heteroatoms. The minimum absolute atomic E-state index is 0.134. The monoisotopic (exact) mass is 266 g/mol. The van der Waals surface area contributed by atoms with Gasteiger partial charge in [-0.2, -0.15) is 0 Å². The van der Waals surface area contributed by atoms with E-state index < -0.39 is 0 Å². The number of carbonyl (C=O) groups excluding carboxylic acids is 1. The van der Waals surface area contributed by atoms with Crippen molar-refractivity contribution in [3.63, 3.8) is 0 Å². The fourth-order valence-corrected chi connectivity index (χ4v) is 3.82. The Labute approximate surface area is 117 Å². The van der Waals surface area contributed by atoms with Gasteiger partial charge in [-0.15, -0.1) is 0 Å². The molecule has 2 aliphatic carbocycles. The molecule has 0 heterocycles. The Balaban J connectivity index is 1.81. The lowest BCUT2D eigenvalue weighted by Gasteiger charge is -2.41. The highest BCUT2D eigenvalue weighted by Crippen LogP contribution is 2.42. The first kappa shape index (κ1) is 14.8. The highest BCUT2D eigenvalue weighted by atomic mass is 16.1. The van der Waals surface area contributed by atoms with Crippen LogP contribution in [0.3, 0.4) is 0 Å². The molecule has 0 aromatic heterocycles. The van der Waals surface area contributed by atoms with E-state index in [0.717, 1.165) is 19.3 Å². The van der Waals surface area contributed by atoms with Crippen LogP contribution >= 0.6 is 0 Å². The topological polar surface area (TPSA) is 55.1 Å². The summed E-state index contributed by atoms with van der Waals surface area (Å²) >= 11 is 0. The van der Waals surface area contributed by atoms with Gasteiger partial charge in [-0.3, -0.25) is 4.79 Å². The zero-order valence-electron chi connectivity index (χ0n) is 12.4. The molecule has 0 aromatic carbocycles. The van der Waals surface area contributed by atoms with Gasteiger partial charge in [0.25, 0.3) is 0 Å². The number of rotatable bonds is 6. The number of carbonyl (C=O) groups is 1. The molecule has 2 aliphatic rings. The van der Waals surface area contributed by atoms with Gasteiger partial charge in [0.05, 0.1) is 0 Å². The number of amides is 1. The molecule has 0 bridgehead atoms. The molecule has 0 saturated heterocycles. The maximum absolute atomic E-state index is 12.3. The Bertz CT molecular complexity index is 288. The second-order valence-corrected chi connectivity index (χ2v) is 6.71. The van der Waals surface area contributed by atoms with Gasteiger partial charge in [-0.1, -0.05) is 32.6 Å². The van der Waals surface area contributed by atoms with E-state index in [1.165, 1.54) is 38.5 Å². The predicted molar refractivity (Wildman–Crippen MR) is 78.8 cm³/mol. The summed E-state index contributed by atoms with van der Waals surface area (Å²) in [5.41, 5.74) is 5.98. The highest BCUT2D eigenvalue weighted by molar-refractivity contribution is 5.77. The van der Waals surface area contributed by atoms with Gasteiger partial charge in [0.1, 0.15) is 0 Å². The number of nitrogens with one attached hydrogen (secondary N) is 1. The van der Waals surface area contributed by atoms with Crippen LogP contribution < -0.4 is 11.1 Å². The molecule has 1 atom stereocenters. The summed E-state index contributed by atoms with van der Waals surface area (Å²) in [4.78, 5) is 12.3. The average Bonchev–Trinajstić information content (AvgIpc) is 2.41. The van der Waals surface area contributed by atoms with E-state index >= 15 is 0 Å². The Morgan fingerprint density at radius 3 is 2.42 bits per heavy atom. The molecule has 0 aliphatic heterocycles. The normalized spacial score (nSPS) is 24.5. The van der Waals surface area contributed by atoms with Crippen molar-refractivity contribution < 1.29 is 4.79 Å². The van der Waals surface area contributed by atoms with E-state index in [0.29, 0.717) is 24.9 Å². The molecule has 19 heavy (non-hydrogen) atoms. The number of nitrogens with two attached hydrogens (primary N) is 1. The van der Waals surface area contributed by atoms with Crippen molar-refractivity contribution in [3.8, 4) is 0 Å². The minimum atomic E-state index is 0.134. The van der Waals surface area contributed by atoms with Crippen molar-refractivity contribution in [1.82, 2.24) is 5.32 Å². The lowest BCUT2D eigenvalue weighted by molar-refractivity contribution is -0.126. The van der Waals surface area contributed by atoms with Gasteiger partial charge in [-0.05, 0) is 50.0 Å². The summed E-state index contributed by atoms with van der Waals surface area (Å²) in [6.07, 6.45) is 11.9. The van der Waals surface area contributed by atoms with Crippen LogP contribution in [0, 0.1) is 11.3 Å². The lowest BCUT2D eigenvalue weighted by Crippen LogP contribution is -2.46. The summed E-state index contributed by atoms with van der Waals surface area (Å²) in [6, 6.07) is 0.391. The van der Waals surface area contributed by atoms with Gasteiger partial charge in [0.15, 0.2) is 0 Å². The fourth-order valence-electron chi connectivity index (χ4n) is 3.82. The maximum Gasteiger partial charge on any atom is 0.220 e. The Hall–Kier alpha value is -0.570. The summed E-state index contributed by atoms with van der Waals surface area (Å²) in [6.45, 7) is 2.86. The Morgan fingerprint density at radius 2 is 1.95 bits per heavy atom. The second kappa shape index (κ2) is 6.74. The van der Waals surface area contributed by atoms with E-state index in [9.17, 15) is 4.79 Å². The number of hydrogen-bond acceptors (Lipinski definition) is 2. The average molecular weight is 266 g/mol. The molecular formula is C16H30N2O. The van der Waals surface area contributed by atoms with E-state index in [-0.39, 0.29) is 11.3 Å². The predicted octanol–water partition coefficient (Wildman–Crippen LogP) is 2.98. The van der Waals surface area contributed by atoms with Gasteiger partial charge in [-0.25, -0.2) is 0 Å². The molecule has 3 N–H and O–H groups in total. The van der Waals surface area contributed by atoms with Crippen molar-refractivity contribution in [1.29, 1.82) is 0 Å². The highest BCUT2D eigenvalue weighted by Gasteiger charge is 2.38. The molecule has 3 nitrogen and oxygen atoms in total. The van der Waals surface area contributed by atoms with Crippen LogP contribution in [0.5, 0.6) is 0 Å². The molecule has 2 fully saturated rings. The summed E-state index contributed by atoms with van der Waals surface area (Å²) in [5, 5.41) is 3.30. The summed E-state index contributed by atoms with van der Waals surface area (Å²) in [5.74, 6) is 0.945. The molecule has 110 valence electrons. The van der Waals surface area contributed by atoms with Crippen LogP contribution in [-0.4, -0.2) is 18.5 Å². The number of hydrogen-bond donors (Lipinski definition) is 2. The zero-order valence-corrected chi connectivity index (χ0v) is 12.4. The molecule has 2 saturated carbocycles. The first-order valence-corrected chi connectivity index (χ1v) is 8.18. The van der Waals surface area contributed by atoms with Gasteiger partial charge in [0, 0.05) is 12.5 Å². The molecule has 0 radical (unpaired) electrons. The first-order valence-electron chi connectivity index (χ1n) is 8.18. The van der Waals surface area contributed by atoms with Crippen LogP contribution in [0.1, 0.15) is 71.1 Å². The molecule has 2 rings (SSSR count). The Morgan fingerprint density at radius 1 is 1.26 bits per heavy atom. The first-order chi connectivity index (χ1) is 9.19. The smallest absolute Gasteiger partial charge is 0.220 e. The van der Waals surface area contributed by atoms with Gasteiger partial charge >= 0.3 is 0 Å². The van der Waals surface area contributed by atoms with Crippen molar-refractivity contribution in [2.24, 2.45) is 17.1 Å². The standard InChI is InChI=1S/C16H30N2O/c1-2-14(13-7-4-3-5-8-13)18-15(19)11-16(12-17)9-6-10-16/h13-14H,2-12,17H2,1H3,(H,18,19). The molecule has 1 unspecified atom stereocenters. The van der Waals surface area contributed by atoms with Crippen LogP contribution in [0.15, 0.2) is 0 Å². The SMILES string of the molecule is CCC(NC(=O)CC1(CN)CCC1)C1CCCCC1. The van der Waals surface area contributed by atoms with Gasteiger partial charge < -0.3 is 11.1 Å². The van der Waals surface area contributed by atoms with Crippen LogP contribution in [0.25, 0.3) is 0 Å². The van der Waals surface area contributed by atoms with Crippen LogP contribution in [-0.2, 0) is 4.79 Å². The third-order valence-corrected chi connectivity index (χ3v) is 5.39. The molecule has 0 spiro atoms. The van der Waals surface area contributed by atoms with Crippen molar-refractivity contribution >= 4 is 5.91 Å². The minimum Gasteiger partial charge on any atom is -0.353 e. The maximum atomic E-state index is 12.3. The molecule has 1 amide bonds. The molecular weight excluding hydrogens is 236 g/mol. The van der Waals surface area contributed by atoms with Crippen molar-refractivity contribution in [2.45, 2.75) is 77.2 Å². The van der Waals surface area contributed by atoms with E-state index in [4.69, 9.17) is 5.73 Å². The fraction of sp³-hybridized carbons (Fsp3) is 0.938. The van der Waals surface area contributed by atoms with Crippen molar-refractivity contribution in [2.75, 3.05) is 6.54 Å². The summed E-state index contributed by atoms with van der Waals surface area (Å²) in [7, 11) is 0. The quantitative estimate of drug-likeness (QED) is 0.776.